The minimum atomic E-state index is -3.80. The maximum absolute atomic E-state index is 12.9. The fourth-order valence-electron chi connectivity index (χ4n) is 3.09. The standard InChI is InChI=1S/C20H21N3O4S/c1-13-4-5-14(2)18(10-13)23-15(3)17(12-21-23)22-28(24,25)16-6-7-19-20(11-16)27-9-8-26-19/h4-7,10-12,22H,8-9H2,1-3H3. The van der Waals surface area contributed by atoms with Gasteiger partial charge in [0, 0.05) is 6.07 Å². The van der Waals surface area contributed by atoms with Gasteiger partial charge >= 0.3 is 0 Å². The molecular formula is C20H21N3O4S. The zero-order chi connectivity index (χ0) is 19.9. The Morgan fingerprint density at radius 1 is 1.00 bits per heavy atom. The minimum absolute atomic E-state index is 0.107. The monoisotopic (exact) mass is 399 g/mol. The summed E-state index contributed by atoms with van der Waals surface area (Å²) in [6, 6.07) is 10.7. The van der Waals surface area contributed by atoms with Crippen molar-refractivity contribution in [3.8, 4) is 17.2 Å². The third-order valence-corrected chi connectivity index (χ3v) is 6.03. The van der Waals surface area contributed by atoms with Crippen molar-refractivity contribution in [1.29, 1.82) is 0 Å². The summed E-state index contributed by atoms with van der Waals surface area (Å²) in [5, 5.41) is 4.38. The van der Waals surface area contributed by atoms with E-state index in [0.29, 0.717) is 36.1 Å². The summed E-state index contributed by atoms with van der Waals surface area (Å²) in [5.41, 5.74) is 4.21. The Morgan fingerprint density at radius 2 is 1.75 bits per heavy atom. The van der Waals surface area contributed by atoms with Gasteiger partial charge < -0.3 is 9.47 Å². The molecule has 0 atom stereocenters. The molecule has 1 aromatic heterocycles. The van der Waals surface area contributed by atoms with Crippen molar-refractivity contribution in [2.24, 2.45) is 0 Å². The Labute approximate surface area is 164 Å². The summed E-state index contributed by atoms with van der Waals surface area (Å²) >= 11 is 0. The van der Waals surface area contributed by atoms with Gasteiger partial charge in [-0.15, -0.1) is 0 Å². The smallest absolute Gasteiger partial charge is 0.262 e. The van der Waals surface area contributed by atoms with Gasteiger partial charge in [0.05, 0.1) is 28.2 Å². The summed E-state index contributed by atoms with van der Waals surface area (Å²) in [5.74, 6) is 0.973. The van der Waals surface area contributed by atoms with Crippen LogP contribution < -0.4 is 14.2 Å². The van der Waals surface area contributed by atoms with E-state index < -0.39 is 10.0 Å². The highest BCUT2D eigenvalue weighted by Crippen LogP contribution is 2.33. The molecule has 0 bridgehead atoms. The van der Waals surface area contributed by atoms with Crippen molar-refractivity contribution in [3.05, 3.63) is 59.4 Å². The first-order valence-corrected chi connectivity index (χ1v) is 10.4. The number of sulfonamides is 1. The molecule has 0 fully saturated rings. The summed E-state index contributed by atoms with van der Waals surface area (Å²) < 4.78 is 41.0. The third-order valence-electron chi connectivity index (χ3n) is 4.67. The van der Waals surface area contributed by atoms with Gasteiger partial charge in [0.15, 0.2) is 11.5 Å². The van der Waals surface area contributed by atoms with Crippen molar-refractivity contribution in [1.82, 2.24) is 9.78 Å². The molecule has 1 aliphatic rings. The fourth-order valence-corrected chi connectivity index (χ4v) is 4.21. The van der Waals surface area contributed by atoms with Gasteiger partial charge in [0.1, 0.15) is 13.2 Å². The normalized spacial score (nSPS) is 13.4. The van der Waals surface area contributed by atoms with Crippen molar-refractivity contribution in [2.75, 3.05) is 17.9 Å². The fraction of sp³-hybridized carbons (Fsp3) is 0.250. The quantitative estimate of drug-likeness (QED) is 0.727. The molecule has 7 nitrogen and oxygen atoms in total. The Kier molecular flexibility index (Phi) is 4.50. The van der Waals surface area contributed by atoms with Crippen molar-refractivity contribution < 1.29 is 17.9 Å². The lowest BCUT2D eigenvalue weighted by Crippen LogP contribution is -2.17. The Bertz CT molecular complexity index is 1150. The lowest BCUT2D eigenvalue weighted by molar-refractivity contribution is 0.171. The van der Waals surface area contributed by atoms with Crippen molar-refractivity contribution in [3.63, 3.8) is 0 Å². The second-order valence-electron chi connectivity index (χ2n) is 6.76. The molecule has 0 saturated carbocycles. The topological polar surface area (TPSA) is 82.5 Å². The van der Waals surface area contributed by atoms with Gasteiger partial charge in [-0.1, -0.05) is 12.1 Å². The summed E-state index contributed by atoms with van der Waals surface area (Å²) in [4.78, 5) is 0.107. The lowest BCUT2D eigenvalue weighted by Gasteiger charge is -2.19. The molecule has 2 heterocycles. The van der Waals surface area contributed by atoms with E-state index in [1.54, 1.807) is 10.7 Å². The molecule has 0 unspecified atom stereocenters. The van der Waals surface area contributed by atoms with E-state index in [0.717, 1.165) is 16.8 Å². The molecule has 0 radical (unpaired) electrons. The molecule has 1 aliphatic heterocycles. The van der Waals surface area contributed by atoms with Crippen LogP contribution in [0.5, 0.6) is 11.5 Å². The first-order valence-electron chi connectivity index (χ1n) is 8.90. The third kappa shape index (κ3) is 3.31. The largest absolute Gasteiger partial charge is 0.486 e. The van der Waals surface area contributed by atoms with Crippen LogP contribution in [0.15, 0.2) is 47.5 Å². The Hall–Kier alpha value is -3.00. The predicted octanol–water partition coefficient (Wildman–Crippen LogP) is 3.37. The van der Waals surface area contributed by atoms with Crippen LogP contribution in [0.3, 0.4) is 0 Å². The number of ether oxygens (including phenoxy) is 2. The number of anilines is 1. The van der Waals surface area contributed by atoms with E-state index in [-0.39, 0.29) is 4.90 Å². The number of fused-ring (bicyclic) bond motifs is 1. The lowest BCUT2D eigenvalue weighted by atomic mass is 10.1. The molecule has 0 amide bonds. The number of aromatic nitrogens is 2. The molecule has 2 aromatic carbocycles. The molecule has 1 N–H and O–H groups in total. The van der Waals surface area contributed by atoms with Crippen molar-refractivity contribution >= 4 is 15.7 Å². The first kappa shape index (κ1) is 18.4. The SMILES string of the molecule is Cc1ccc(C)c(-n2ncc(NS(=O)(=O)c3ccc4c(c3)OCCO4)c2C)c1. The maximum Gasteiger partial charge on any atom is 0.262 e. The van der Waals surface area contributed by atoms with Crippen LogP contribution in [0.25, 0.3) is 5.69 Å². The number of benzene rings is 2. The number of rotatable bonds is 4. The molecule has 0 saturated heterocycles. The average molecular weight is 399 g/mol. The highest BCUT2D eigenvalue weighted by Gasteiger charge is 2.21. The van der Waals surface area contributed by atoms with Gasteiger partial charge in [0.25, 0.3) is 10.0 Å². The Morgan fingerprint density at radius 3 is 2.54 bits per heavy atom. The molecule has 146 valence electrons. The minimum Gasteiger partial charge on any atom is -0.486 e. The number of hydrogen-bond donors (Lipinski definition) is 1. The van der Waals surface area contributed by atoms with Crippen LogP contribution in [0.4, 0.5) is 5.69 Å². The van der Waals surface area contributed by atoms with Crippen LogP contribution in [0.1, 0.15) is 16.8 Å². The van der Waals surface area contributed by atoms with Crippen LogP contribution in [-0.4, -0.2) is 31.4 Å². The maximum atomic E-state index is 12.9. The molecule has 28 heavy (non-hydrogen) atoms. The highest BCUT2D eigenvalue weighted by molar-refractivity contribution is 7.92. The van der Waals surface area contributed by atoms with E-state index in [4.69, 9.17) is 9.47 Å². The van der Waals surface area contributed by atoms with Crippen molar-refractivity contribution in [2.45, 2.75) is 25.7 Å². The molecule has 8 heteroatoms. The van der Waals surface area contributed by atoms with E-state index >= 15 is 0 Å². The Balaban J connectivity index is 1.66. The van der Waals surface area contributed by atoms with Gasteiger partial charge in [0.2, 0.25) is 0 Å². The number of hydrogen-bond acceptors (Lipinski definition) is 5. The van der Waals surface area contributed by atoms with Crippen LogP contribution in [-0.2, 0) is 10.0 Å². The van der Waals surface area contributed by atoms with Gasteiger partial charge in [-0.05, 0) is 50.1 Å². The second-order valence-corrected chi connectivity index (χ2v) is 8.44. The van der Waals surface area contributed by atoms with Gasteiger partial charge in [-0.2, -0.15) is 5.10 Å². The zero-order valence-corrected chi connectivity index (χ0v) is 16.7. The molecule has 3 aromatic rings. The number of nitrogens with one attached hydrogen (secondary N) is 1. The molecule has 0 aliphatic carbocycles. The zero-order valence-electron chi connectivity index (χ0n) is 15.9. The molecule has 4 rings (SSSR count). The van der Waals surface area contributed by atoms with Crippen LogP contribution >= 0.6 is 0 Å². The summed E-state index contributed by atoms with van der Waals surface area (Å²) in [6.45, 7) is 6.68. The van der Waals surface area contributed by atoms with E-state index in [2.05, 4.69) is 9.82 Å². The second kappa shape index (κ2) is 6.87. The van der Waals surface area contributed by atoms with Crippen LogP contribution in [0, 0.1) is 20.8 Å². The van der Waals surface area contributed by atoms with Gasteiger partial charge in [-0.25, -0.2) is 13.1 Å². The van der Waals surface area contributed by atoms with E-state index in [1.807, 2.05) is 39.0 Å². The molecular weight excluding hydrogens is 378 g/mol. The first-order chi connectivity index (χ1) is 13.3. The highest BCUT2D eigenvalue weighted by atomic mass is 32.2. The molecule has 0 spiro atoms. The number of aryl methyl sites for hydroxylation is 2. The predicted molar refractivity (Wildman–Crippen MR) is 106 cm³/mol. The number of nitrogens with zero attached hydrogens (tertiary/aromatic N) is 2. The summed E-state index contributed by atoms with van der Waals surface area (Å²) in [7, 11) is -3.80. The van der Waals surface area contributed by atoms with Crippen LogP contribution in [0.2, 0.25) is 0 Å². The van der Waals surface area contributed by atoms with Gasteiger partial charge in [-0.3, -0.25) is 4.72 Å². The summed E-state index contributed by atoms with van der Waals surface area (Å²) in [6.07, 6.45) is 1.52. The average Bonchev–Trinajstić information content (AvgIpc) is 3.03. The van der Waals surface area contributed by atoms with E-state index in [1.165, 1.54) is 18.3 Å². The van der Waals surface area contributed by atoms with E-state index in [9.17, 15) is 8.42 Å².